The zero-order chi connectivity index (χ0) is 15.3. The molecule has 0 amide bonds. The predicted octanol–water partition coefficient (Wildman–Crippen LogP) is 2.21. The first-order valence-corrected chi connectivity index (χ1v) is 6.50. The molecule has 1 aromatic heterocycles. The molecule has 0 spiro atoms. The summed E-state index contributed by atoms with van der Waals surface area (Å²) >= 11 is 0. The summed E-state index contributed by atoms with van der Waals surface area (Å²) in [5.74, 6) is -1.14. The average molecular weight is 289 g/mol. The Kier molecular flexibility index (Phi) is 4.65. The van der Waals surface area contributed by atoms with Gasteiger partial charge in [-0.05, 0) is 18.6 Å². The quantitative estimate of drug-likeness (QED) is 0.857. The van der Waals surface area contributed by atoms with Crippen LogP contribution in [0.4, 0.5) is 4.39 Å². The number of carbonyl (C=O) groups excluding carboxylic acids is 1. The highest BCUT2D eigenvalue weighted by Crippen LogP contribution is 2.25. The summed E-state index contributed by atoms with van der Waals surface area (Å²) in [5, 5.41) is 9.58. The van der Waals surface area contributed by atoms with Gasteiger partial charge in [-0.15, -0.1) is 0 Å². The van der Waals surface area contributed by atoms with Gasteiger partial charge in [-0.1, -0.05) is 30.3 Å². The molecule has 0 fully saturated rings. The van der Waals surface area contributed by atoms with Crippen LogP contribution in [-0.4, -0.2) is 22.7 Å². The molecule has 5 heteroatoms. The third-order valence-corrected chi connectivity index (χ3v) is 3.39. The van der Waals surface area contributed by atoms with Gasteiger partial charge in [-0.3, -0.25) is 9.78 Å². The van der Waals surface area contributed by atoms with Crippen molar-refractivity contribution in [2.75, 3.05) is 6.61 Å². The first-order valence-electron chi connectivity index (χ1n) is 6.50. The normalized spacial score (nSPS) is 13.5. The highest BCUT2D eigenvalue weighted by molar-refractivity contribution is 5.82. The summed E-state index contributed by atoms with van der Waals surface area (Å²) in [6, 6.07) is 10.3. The van der Waals surface area contributed by atoms with E-state index in [0.29, 0.717) is 5.56 Å². The van der Waals surface area contributed by atoms with Crippen molar-refractivity contribution in [3.05, 3.63) is 65.7 Å². The van der Waals surface area contributed by atoms with Crippen molar-refractivity contribution in [1.29, 1.82) is 0 Å². The third-order valence-electron chi connectivity index (χ3n) is 3.39. The Morgan fingerprint density at radius 1 is 1.33 bits per heavy atom. The maximum atomic E-state index is 13.4. The van der Waals surface area contributed by atoms with Crippen molar-refractivity contribution in [3.8, 4) is 0 Å². The van der Waals surface area contributed by atoms with E-state index in [1.807, 2.05) is 6.07 Å². The molecule has 110 valence electrons. The topological polar surface area (TPSA) is 59.4 Å². The minimum atomic E-state index is -1.18. The van der Waals surface area contributed by atoms with E-state index in [-0.39, 0.29) is 12.2 Å². The molecule has 2 rings (SSSR count). The van der Waals surface area contributed by atoms with Gasteiger partial charge in [0.2, 0.25) is 0 Å². The Morgan fingerprint density at radius 3 is 2.67 bits per heavy atom. The molecular formula is C16H16FNO3. The lowest BCUT2D eigenvalue weighted by atomic mass is 9.83. The van der Waals surface area contributed by atoms with Crippen molar-refractivity contribution < 1.29 is 19.0 Å². The summed E-state index contributed by atoms with van der Waals surface area (Å²) < 4.78 is 18.6. The summed E-state index contributed by atoms with van der Waals surface area (Å²) in [5.41, 5.74) is -0.287. The van der Waals surface area contributed by atoms with E-state index >= 15 is 0 Å². The molecule has 0 aliphatic rings. The standard InChI is InChI=1S/C16H16FNO3/c1-16(11-19,13-5-3-2-4-6-13)15(20)21-10-12-7-8-18-9-14(12)17/h2-9,19H,10-11H2,1H3. The van der Waals surface area contributed by atoms with Crippen molar-refractivity contribution in [2.45, 2.75) is 18.9 Å². The fourth-order valence-electron chi connectivity index (χ4n) is 1.90. The number of carbonyl (C=O) groups is 1. The highest BCUT2D eigenvalue weighted by Gasteiger charge is 2.36. The van der Waals surface area contributed by atoms with Crippen LogP contribution in [0.25, 0.3) is 0 Å². The number of halogens is 1. The zero-order valence-electron chi connectivity index (χ0n) is 11.6. The zero-order valence-corrected chi connectivity index (χ0v) is 11.6. The van der Waals surface area contributed by atoms with Gasteiger partial charge in [0.05, 0.1) is 12.8 Å². The second-order valence-electron chi connectivity index (χ2n) is 4.90. The number of aliphatic hydroxyl groups excluding tert-OH is 1. The largest absolute Gasteiger partial charge is 0.460 e. The molecule has 0 saturated heterocycles. The number of aliphatic hydroxyl groups is 1. The SMILES string of the molecule is CC(CO)(C(=O)OCc1ccncc1F)c1ccccc1. The van der Waals surface area contributed by atoms with E-state index in [1.165, 1.54) is 12.3 Å². The van der Waals surface area contributed by atoms with Crippen LogP contribution in [-0.2, 0) is 21.6 Å². The lowest BCUT2D eigenvalue weighted by Gasteiger charge is -2.25. The van der Waals surface area contributed by atoms with Gasteiger partial charge in [-0.2, -0.15) is 0 Å². The van der Waals surface area contributed by atoms with Gasteiger partial charge in [0.1, 0.15) is 17.8 Å². The Labute approximate surface area is 122 Å². The molecule has 1 heterocycles. The van der Waals surface area contributed by atoms with Crippen LogP contribution >= 0.6 is 0 Å². The summed E-state index contributed by atoms with van der Waals surface area (Å²) in [6.45, 7) is 0.998. The molecule has 21 heavy (non-hydrogen) atoms. The van der Waals surface area contributed by atoms with E-state index in [4.69, 9.17) is 4.74 Å². The lowest BCUT2D eigenvalue weighted by molar-refractivity contribution is -0.153. The summed E-state index contributed by atoms with van der Waals surface area (Å²) in [7, 11) is 0. The fourth-order valence-corrected chi connectivity index (χ4v) is 1.90. The third kappa shape index (κ3) is 3.25. The van der Waals surface area contributed by atoms with Crippen LogP contribution in [0.1, 0.15) is 18.1 Å². The fraction of sp³-hybridized carbons (Fsp3) is 0.250. The number of nitrogens with zero attached hydrogens (tertiary/aromatic N) is 1. The van der Waals surface area contributed by atoms with Gasteiger partial charge >= 0.3 is 5.97 Å². The maximum absolute atomic E-state index is 13.4. The number of benzene rings is 1. The van der Waals surface area contributed by atoms with Crippen LogP contribution in [0.15, 0.2) is 48.8 Å². The molecule has 0 radical (unpaired) electrons. The number of hydrogen-bond donors (Lipinski definition) is 1. The number of ether oxygens (including phenoxy) is 1. The average Bonchev–Trinajstić information content (AvgIpc) is 2.53. The second-order valence-corrected chi connectivity index (χ2v) is 4.90. The molecule has 1 aromatic carbocycles. The number of esters is 1. The van der Waals surface area contributed by atoms with Crippen molar-refractivity contribution in [1.82, 2.24) is 4.98 Å². The van der Waals surface area contributed by atoms with Crippen LogP contribution in [0.5, 0.6) is 0 Å². The molecule has 0 saturated carbocycles. The van der Waals surface area contributed by atoms with E-state index < -0.39 is 23.8 Å². The molecule has 1 N–H and O–H groups in total. The van der Waals surface area contributed by atoms with Gasteiger partial charge in [0.15, 0.2) is 0 Å². The van der Waals surface area contributed by atoms with E-state index in [0.717, 1.165) is 6.20 Å². The first kappa shape index (κ1) is 15.1. The second kappa shape index (κ2) is 6.45. The van der Waals surface area contributed by atoms with E-state index in [9.17, 15) is 14.3 Å². The Bertz CT molecular complexity index is 618. The van der Waals surface area contributed by atoms with Crippen molar-refractivity contribution >= 4 is 5.97 Å². The smallest absolute Gasteiger partial charge is 0.318 e. The molecule has 0 aliphatic carbocycles. The van der Waals surface area contributed by atoms with Crippen LogP contribution in [0.3, 0.4) is 0 Å². The minimum absolute atomic E-state index is 0.199. The molecule has 0 bridgehead atoms. The number of pyridine rings is 1. The molecule has 1 atom stereocenters. The van der Waals surface area contributed by atoms with Gasteiger partial charge in [-0.25, -0.2) is 4.39 Å². The molecule has 4 nitrogen and oxygen atoms in total. The van der Waals surface area contributed by atoms with Gasteiger partial charge in [0, 0.05) is 11.8 Å². The van der Waals surface area contributed by atoms with Crippen molar-refractivity contribution in [2.24, 2.45) is 0 Å². The minimum Gasteiger partial charge on any atom is -0.460 e. The van der Waals surface area contributed by atoms with Crippen LogP contribution in [0, 0.1) is 5.82 Å². The predicted molar refractivity (Wildman–Crippen MR) is 74.9 cm³/mol. The monoisotopic (exact) mass is 289 g/mol. The van der Waals surface area contributed by atoms with Crippen LogP contribution in [0.2, 0.25) is 0 Å². The first-order chi connectivity index (χ1) is 10.1. The van der Waals surface area contributed by atoms with E-state index in [2.05, 4.69) is 4.98 Å². The molecule has 1 unspecified atom stereocenters. The summed E-state index contributed by atoms with van der Waals surface area (Å²) in [4.78, 5) is 15.9. The molecule has 0 aliphatic heterocycles. The van der Waals surface area contributed by atoms with Gasteiger partial charge < -0.3 is 9.84 Å². The van der Waals surface area contributed by atoms with Crippen molar-refractivity contribution in [3.63, 3.8) is 0 Å². The maximum Gasteiger partial charge on any atom is 0.318 e. The Balaban J connectivity index is 2.13. The number of rotatable bonds is 5. The lowest BCUT2D eigenvalue weighted by Crippen LogP contribution is -2.38. The van der Waals surface area contributed by atoms with E-state index in [1.54, 1.807) is 31.2 Å². The number of aromatic nitrogens is 1. The van der Waals surface area contributed by atoms with Crippen LogP contribution < -0.4 is 0 Å². The molecule has 2 aromatic rings. The van der Waals surface area contributed by atoms with Gasteiger partial charge in [0.25, 0.3) is 0 Å². The summed E-state index contributed by atoms with van der Waals surface area (Å²) in [6.07, 6.45) is 2.49. The molecular weight excluding hydrogens is 273 g/mol. The Hall–Kier alpha value is -2.27. The Morgan fingerprint density at radius 2 is 2.05 bits per heavy atom. The number of hydrogen-bond acceptors (Lipinski definition) is 4. The highest BCUT2D eigenvalue weighted by atomic mass is 19.1.